The Bertz CT molecular complexity index is 895. The Balaban J connectivity index is 1.84. The molecule has 6 heteroatoms. The van der Waals surface area contributed by atoms with Gasteiger partial charge in [0.15, 0.2) is 0 Å². The fourth-order valence-electron chi connectivity index (χ4n) is 3.88. The molecule has 2 aliphatic heterocycles. The van der Waals surface area contributed by atoms with Gasteiger partial charge in [-0.15, -0.1) is 23.5 Å². The highest BCUT2D eigenvalue weighted by Gasteiger charge is 2.54. The lowest BCUT2D eigenvalue weighted by atomic mass is 9.82. The summed E-state index contributed by atoms with van der Waals surface area (Å²) in [6.07, 6.45) is 2.48. The van der Waals surface area contributed by atoms with Crippen molar-refractivity contribution in [1.82, 2.24) is 0 Å². The van der Waals surface area contributed by atoms with E-state index in [1.54, 1.807) is 11.8 Å². The smallest absolute Gasteiger partial charge is 0.224 e. The molecule has 0 spiro atoms. The minimum Gasteiger partial charge on any atom is -0.378 e. The van der Waals surface area contributed by atoms with E-state index in [0.717, 1.165) is 51.0 Å². The van der Waals surface area contributed by atoms with Gasteiger partial charge in [-0.2, -0.15) is 0 Å². The zero-order chi connectivity index (χ0) is 19.8. The highest BCUT2D eigenvalue weighted by molar-refractivity contribution is 8.18. The second kappa shape index (κ2) is 7.98. The van der Waals surface area contributed by atoms with E-state index in [4.69, 9.17) is 0 Å². The molecule has 0 aromatic heterocycles. The van der Waals surface area contributed by atoms with E-state index < -0.39 is 5.60 Å². The van der Waals surface area contributed by atoms with Crippen LogP contribution >= 0.6 is 35.3 Å². The van der Waals surface area contributed by atoms with Crippen molar-refractivity contribution in [3.63, 3.8) is 0 Å². The zero-order valence-electron chi connectivity index (χ0n) is 16.2. The quantitative estimate of drug-likeness (QED) is 0.649. The molecule has 1 atom stereocenters. The first-order valence-electron chi connectivity index (χ1n) is 9.70. The number of rotatable bonds is 4. The monoisotopic (exact) mass is 431 g/mol. The Hall–Kier alpha value is -1.08. The average Bonchev–Trinajstić information content (AvgIpc) is 2.69. The van der Waals surface area contributed by atoms with Gasteiger partial charge in [-0.25, -0.2) is 0 Å². The maximum atomic E-state index is 12.4. The van der Waals surface area contributed by atoms with Crippen LogP contribution in [-0.2, 0) is 10.4 Å². The number of carbonyl (C=O) groups excluding carboxylic acids is 1. The molecule has 2 aromatic carbocycles. The Morgan fingerprint density at radius 3 is 2.57 bits per heavy atom. The Kier molecular flexibility index (Phi) is 5.76. The fraction of sp³-hybridized carbons (Fsp3) is 0.409. The van der Waals surface area contributed by atoms with Crippen molar-refractivity contribution in [1.29, 1.82) is 0 Å². The number of carbonyl (C=O) groups is 1. The Morgan fingerprint density at radius 1 is 1.11 bits per heavy atom. The van der Waals surface area contributed by atoms with E-state index in [1.165, 1.54) is 0 Å². The van der Waals surface area contributed by atoms with Gasteiger partial charge in [-0.1, -0.05) is 36.9 Å². The molecular weight excluding hydrogens is 406 g/mol. The van der Waals surface area contributed by atoms with E-state index in [-0.39, 0.29) is 9.99 Å². The molecule has 0 aliphatic carbocycles. The average molecular weight is 432 g/mol. The number of aliphatic hydroxyl groups is 1. The van der Waals surface area contributed by atoms with Crippen LogP contribution < -0.4 is 5.32 Å². The maximum Gasteiger partial charge on any atom is 0.224 e. The maximum absolute atomic E-state index is 12.4. The summed E-state index contributed by atoms with van der Waals surface area (Å²) in [6.45, 7) is 4.16. The molecule has 0 radical (unpaired) electrons. The number of benzene rings is 2. The molecular formula is C22H25NO2S3. The molecule has 2 N–H and O–H groups in total. The first kappa shape index (κ1) is 20.2. The van der Waals surface area contributed by atoms with Crippen LogP contribution in [0.15, 0.2) is 52.3 Å². The lowest BCUT2D eigenvalue weighted by Gasteiger charge is -2.49. The third kappa shape index (κ3) is 3.38. The van der Waals surface area contributed by atoms with E-state index in [1.807, 2.05) is 60.8 Å². The van der Waals surface area contributed by atoms with Crippen molar-refractivity contribution in [2.45, 2.75) is 52.6 Å². The van der Waals surface area contributed by atoms with Crippen molar-refractivity contribution < 1.29 is 9.90 Å². The van der Waals surface area contributed by atoms with Crippen LogP contribution in [0.1, 0.15) is 44.2 Å². The predicted octanol–water partition coefficient (Wildman–Crippen LogP) is 5.71. The molecule has 2 heterocycles. The lowest BCUT2D eigenvalue weighted by Crippen LogP contribution is -2.49. The van der Waals surface area contributed by atoms with Crippen molar-refractivity contribution in [2.75, 3.05) is 16.8 Å². The third-order valence-corrected chi connectivity index (χ3v) is 9.86. The second-order valence-corrected chi connectivity index (χ2v) is 11.7. The van der Waals surface area contributed by atoms with Crippen LogP contribution in [0.5, 0.6) is 0 Å². The van der Waals surface area contributed by atoms with E-state index in [9.17, 15) is 9.90 Å². The number of anilines is 1. The minimum atomic E-state index is -1.12. The number of thioether (sulfide) groups is 2. The van der Waals surface area contributed by atoms with Gasteiger partial charge in [0, 0.05) is 33.0 Å². The number of fused-ring (bicyclic) bond motifs is 2. The molecule has 1 saturated heterocycles. The summed E-state index contributed by atoms with van der Waals surface area (Å²) in [5, 5.41) is 15.4. The van der Waals surface area contributed by atoms with E-state index in [2.05, 4.69) is 24.4 Å². The number of nitrogens with one attached hydrogen (secondary N) is 1. The van der Waals surface area contributed by atoms with Crippen LogP contribution in [0.4, 0.5) is 5.69 Å². The van der Waals surface area contributed by atoms with Crippen molar-refractivity contribution >= 4 is 46.9 Å². The SMILES string of the molecule is CCCC(=O)Nc1ccc2c(c1)C(O)(C1(C)SCCCS1)c1ccccc1S2. The van der Waals surface area contributed by atoms with Gasteiger partial charge in [0.2, 0.25) is 5.91 Å². The first-order valence-corrected chi connectivity index (χ1v) is 12.5. The molecule has 148 valence electrons. The van der Waals surface area contributed by atoms with E-state index in [0.29, 0.717) is 6.42 Å². The van der Waals surface area contributed by atoms with Crippen LogP contribution in [0.2, 0.25) is 0 Å². The molecule has 3 nitrogen and oxygen atoms in total. The minimum absolute atomic E-state index is 0.0162. The summed E-state index contributed by atoms with van der Waals surface area (Å²) < 4.78 is -0.386. The summed E-state index contributed by atoms with van der Waals surface area (Å²) in [6, 6.07) is 14.1. The van der Waals surface area contributed by atoms with Crippen LogP contribution in [0.25, 0.3) is 0 Å². The van der Waals surface area contributed by atoms with Gasteiger partial charge in [0.05, 0.1) is 4.08 Å². The van der Waals surface area contributed by atoms with Crippen molar-refractivity contribution in [3.05, 3.63) is 53.6 Å². The standard InChI is InChI=1S/C22H25NO2S3/c1-3-7-20(24)23-15-10-11-19-17(14-15)22(25,21(2)26-12-6-13-27-21)16-8-4-5-9-18(16)28-19/h4-5,8-11,14,25H,3,6-7,12-13H2,1-2H3,(H,23,24). The third-order valence-electron chi connectivity index (χ3n) is 5.33. The van der Waals surface area contributed by atoms with Gasteiger partial charge >= 0.3 is 0 Å². The van der Waals surface area contributed by atoms with Crippen LogP contribution in [0.3, 0.4) is 0 Å². The van der Waals surface area contributed by atoms with Gasteiger partial charge < -0.3 is 10.4 Å². The highest BCUT2D eigenvalue weighted by Crippen LogP contribution is 2.61. The molecule has 1 amide bonds. The molecule has 0 saturated carbocycles. The normalized spacial score (nSPS) is 22.8. The summed E-state index contributed by atoms with van der Waals surface area (Å²) in [5.41, 5.74) is 1.50. The summed E-state index contributed by atoms with van der Waals surface area (Å²) in [4.78, 5) is 14.3. The molecule has 0 bridgehead atoms. The van der Waals surface area contributed by atoms with Gasteiger partial charge in [-0.3, -0.25) is 4.79 Å². The number of hydrogen-bond donors (Lipinski definition) is 2. The molecule has 28 heavy (non-hydrogen) atoms. The van der Waals surface area contributed by atoms with Gasteiger partial charge in [0.1, 0.15) is 5.60 Å². The highest BCUT2D eigenvalue weighted by atomic mass is 32.2. The molecule has 4 rings (SSSR count). The Morgan fingerprint density at radius 2 is 1.82 bits per heavy atom. The number of hydrogen-bond acceptors (Lipinski definition) is 5. The van der Waals surface area contributed by atoms with Crippen LogP contribution in [0, 0.1) is 0 Å². The van der Waals surface area contributed by atoms with Crippen molar-refractivity contribution in [3.8, 4) is 0 Å². The summed E-state index contributed by atoms with van der Waals surface area (Å²) >= 11 is 5.38. The van der Waals surface area contributed by atoms with Gasteiger partial charge in [-0.05, 0) is 55.5 Å². The summed E-state index contributed by atoms with van der Waals surface area (Å²) in [7, 11) is 0. The Labute approximate surface area is 179 Å². The topological polar surface area (TPSA) is 49.3 Å². The summed E-state index contributed by atoms with van der Waals surface area (Å²) in [5.74, 6) is 2.11. The molecule has 1 unspecified atom stereocenters. The van der Waals surface area contributed by atoms with Crippen LogP contribution in [-0.4, -0.2) is 26.6 Å². The molecule has 2 aromatic rings. The van der Waals surface area contributed by atoms with E-state index >= 15 is 0 Å². The van der Waals surface area contributed by atoms with Crippen molar-refractivity contribution in [2.24, 2.45) is 0 Å². The zero-order valence-corrected chi connectivity index (χ0v) is 18.6. The fourth-order valence-corrected chi connectivity index (χ4v) is 8.27. The number of amides is 1. The lowest BCUT2D eigenvalue weighted by molar-refractivity contribution is -0.116. The predicted molar refractivity (Wildman–Crippen MR) is 121 cm³/mol. The molecule has 2 aliphatic rings. The largest absolute Gasteiger partial charge is 0.378 e. The molecule has 1 fully saturated rings. The first-order chi connectivity index (χ1) is 13.5. The van der Waals surface area contributed by atoms with Gasteiger partial charge in [0.25, 0.3) is 0 Å². The second-order valence-electron chi connectivity index (χ2n) is 7.31.